The van der Waals surface area contributed by atoms with E-state index >= 15 is 0 Å². The number of rotatable bonds is 5. The van der Waals surface area contributed by atoms with Gasteiger partial charge in [0.05, 0.1) is 28.5 Å². The Labute approximate surface area is 247 Å². The topological polar surface area (TPSA) is 43.9 Å². The van der Waals surface area contributed by atoms with Crippen LogP contribution in [0.5, 0.6) is 0 Å². The summed E-state index contributed by atoms with van der Waals surface area (Å²) in [4.78, 5) is 10.1. The van der Waals surface area contributed by atoms with Gasteiger partial charge in [0.2, 0.25) is 0 Å². The number of hydrogen-bond donors (Lipinski definition) is 0. The van der Waals surface area contributed by atoms with Crippen LogP contribution in [0.1, 0.15) is 61.9 Å². The molecule has 0 unspecified atom stereocenters. The van der Waals surface area contributed by atoms with Crippen molar-refractivity contribution in [2.75, 3.05) is 0 Å². The monoisotopic (exact) mass is 549 g/mol. The summed E-state index contributed by atoms with van der Waals surface area (Å²) in [6.45, 7) is 13.3. The zero-order chi connectivity index (χ0) is 29.1. The van der Waals surface area contributed by atoms with E-state index in [4.69, 9.17) is 14.4 Å². The first-order chi connectivity index (χ1) is 20.3. The van der Waals surface area contributed by atoms with Gasteiger partial charge in [-0.15, -0.1) is 0 Å². The Bertz CT molecular complexity index is 2030. The van der Waals surface area contributed by atoms with Gasteiger partial charge >= 0.3 is 0 Å². The van der Waals surface area contributed by atoms with Crippen molar-refractivity contribution in [3.8, 4) is 39.5 Å². The molecular formula is C38H35N3O. The number of aromatic nitrogens is 3. The SMILES string of the molecule is Cc1ccc2c3c(C)coc(-c4nc5ccccc5n4-c4c(C(C)C)cc(-c5ccccc5)cc4C(C)C)c-3cc2n1. The third kappa shape index (κ3) is 4.13. The molecule has 0 atom stereocenters. The van der Waals surface area contributed by atoms with Crippen LogP contribution in [0.2, 0.25) is 0 Å². The lowest BCUT2D eigenvalue weighted by molar-refractivity contribution is 0.557. The van der Waals surface area contributed by atoms with Gasteiger partial charge in [0, 0.05) is 22.2 Å². The van der Waals surface area contributed by atoms with Crippen molar-refractivity contribution >= 4 is 21.9 Å². The molecule has 1 aliphatic carbocycles. The second-order valence-electron chi connectivity index (χ2n) is 12.0. The highest BCUT2D eigenvalue weighted by Crippen LogP contribution is 2.45. The van der Waals surface area contributed by atoms with Gasteiger partial charge in [0.1, 0.15) is 0 Å². The minimum Gasteiger partial charge on any atom is -0.460 e. The molecular weight excluding hydrogens is 514 g/mol. The number of imidazole rings is 1. The van der Waals surface area contributed by atoms with Crippen LogP contribution in [0.3, 0.4) is 0 Å². The fourth-order valence-electron chi connectivity index (χ4n) is 6.32. The van der Waals surface area contributed by atoms with Crippen molar-refractivity contribution in [3.05, 3.63) is 114 Å². The fourth-order valence-corrected chi connectivity index (χ4v) is 6.32. The Morgan fingerprint density at radius 3 is 2.10 bits per heavy atom. The Kier molecular flexibility index (Phi) is 6.23. The molecule has 0 saturated heterocycles. The van der Waals surface area contributed by atoms with E-state index < -0.39 is 0 Å². The summed E-state index contributed by atoms with van der Waals surface area (Å²) in [5, 5.41) is 1.14. The average molecular weight is 550 g/mol. The third-order valence-electron chi connectivity index (χ3n) is 8.38. The molecule has 0 spiro atoms. The van der Waals surface area contributed by atoms with Crippen LogP contribution in [0, 0.1) is 13.8 Å². The molecule has 5 aromatic rings. The molecule has 7 rings (SSSR count). The standard InChI is InChI=1S/C38H35N3O/c1-22(2)29-18-27(26-12-8-7-9-13-26)19-30(23(3)4)36(29)41-34-15-11-10-14-32(34)40-38(41)37-31-20-33-28(17-16-25(6)39-33)35(31)24(5)21-42-37/h7-23H,1-6H3. The molecule has 0 bridgehead atoms. The second kappa shape index (κ2) is 9.99. The average Bonchev–Trinajstić information content (AvgIpc) is 3.56. The summed E-state index contributed by atoms with van der Waals surface area (Å²) < 4.78 is 8.84. The largest absolute Gasteiger partial charge is 0.460 e. The highest BCUT2D eigenvalue weighted by atomic mass is 16.3. The van der Waals surface area contributed by atoms with E-state index in [1.807, 2.05) is 13.2 Å². The van der Waals surface area contributed by atoms with Crippen molar-refractivity contribution in [1.82, 2.24) is 14.5 Å². The number of benzene rings is 3. The summed E-state index contributed by atoms with van der Waals surface area (Å²) in [6, 6.07) is 30.3. The minimum absolute atomic E-state index is 0.291. The number of hydrogen-bond acceptors (Lipinski definition) is 3. The van der Waals surface area contributed by atoms with Crippen LogP contribution in [-0.2, 0) is 0 Å². The van der Waals surface area contributed by atoms with E-state index in [2.05, 4.69) is 124 Å². The maximum atomic E-state index is 6.49. The number of fused-ring (bicyclic) bond motifs is 4. The van der Waals surface area contributed by atoms with E-state index in [-0.39, 0.29) is 0 Å². The molecule has 1 aliphatic heterocycles. The van der Waals surface area contributed by atoms with Crippen LogP contribution >= 0.6 is 0 Å². The van der Waals surface area contributed by atoms with Crippen LogP contribution in [0.15, 0.2) is 95.6 Å². The zero-order valence-corrected chi connectivity index (χ0v) is 25.1. The smallest absolute Gasteiger partial charge is 0.182 e. The second-order valence-corrected chi connectivity index (χ2v) is 12.0. The van der Waals surface area contributed by atoms with Crippen molar-refractivity contribution in [2.45, 2.75) is 53.4 Å². The quantitative estimate of drug-likeness (QED) is 0.214. The molecule has 0 saturated carbocycles. The molecule has 0 amide bonds. The highest BCUT2D eigenvalue weighted by molar-refractivity contribution is 6.05. The van der Waals surface area contributed by atoms with Crippen LogP contribution in [-0.4, -0.2) is 14.5 Å². The first-order valence-corrected chi connectivity index (χ1v) is 14.8. The Morgan fingerprint density at radius 2 is 1.38 bits per heavy atom. The predicted octanol–water partition coefficient (Wildman–Crippen LogP) is 10.5. The van der Waals surface area contributed by atoms with Gasteiger partial charge in [-0.2, -0.15) is 0 Å². The molecule has 208 valence electrons. The summed E-state index contributed by atoms with van der Waals surface area (Å²) in [5.41, 5.74) is 13.5. The highest BCUT2D eigenvalue weighted by Gasteiger charge is 2.28. The summed E-state index contributed by atoms with van der Waals surface area (Å²) in [5.74, 6) is 2.15. The predicted molar refractivity (Wildman–Crippen MR) is 174 cm³/mol. The zero-order valence-electron chi connectivity index (χ0n) is 25.1. The lowest BCUT2D eigenvalue weighted by atomic mass is 9.88. The van der Waals surface area contributed by atoms with Gasteiger partial charge in [-0.3, -0.25) is 9.55 Å². The molecule has 3 heterocycles. The van der Waals surface area contributed by atoms with Crippen molar-refractivity contribution < 1.29 is 4.42 Å². The molecule has 2 aromatic heterocycles. The lowest BCUT2D eigenvalue weighted by Gasteiger charge is -2.24. The van der Waals surface area contributed by atoms with Crippen molar-refractivity contribution in [2.24, 2.45) is 0 Å². The molecule has 0 N–H and O–H groups in total. The molecule has 4 heteroatoms. The van der Waals surface area contributed by atoms with Gasteiger partial charge in [-0.25, -0.2) is 4.98 Å². The summed E-state index contributed by atoms with van der Waals surface area (Å²) in [7, 11) is 0. The minimum atomic E-state index is 0.291. The molecule has 0 fully saturated rings. The third-order valence-corrected chi connectivity index (χ3v) is 8.38. The Hall–Kier alpha value is -4.70. The van der Waals surface area contributed by atoms with E-state index in [0.29, 0.717) is 11.8 Å². The van der Waals surface area contributed by atoms with Gasteiger partial charge < -0.3 is 4.42 Å². The number of pyridine rings is 1. The van der Waals surface area contributed by atoms with E-state index in [1.165, 1.54) is 33.5 Å². The van der Waals surface area contributed by atoms with E-state index in [9.17, 15) is 0 Å². The number of nitrogens with zero attached hydrogens (tertiary/aromatic N) is 3. The van der Waals surface area contributed by atoms with Gasteiger partial charge in [0.25, 0.3) is 0 Å². The fraction of sp³-hybridized carbons (Fsp3) is 0.211. The molecule has 0 radical (unpaired) electrons. The van der Waals surface area contributed by atoms with Gasteiger partial charge in [-0.1, -0.05) is 76.2 Å². The normalized spacial score (nSPS) is 12.0. The first-order valence-electron chi connectivity index (χ1n) is 14.8. The lowest BCUT2D eigenvalue weighted by Crippen LogP contribution is -2.09. The maximum Gasteiger partial charge on any atom is 0.182 e. The maximum absolute atomic E-state index is 6.49. The van der Waals surface area contributed by atoms with Crippen LogP contribution in [0.4, 0.5) is 0 Å². The molecule has 42 heavy (non-hydrogen) atoms. The van der Waals surface area contributed by atoms with E-state index in [0.717, 1.165) is 50.3 Å². The Morgan fingerprint density at radius 1 is 0.690 bits per heavy atom. The van der Waals surface area contributed by atoms with Gasteiger partial charge in [0.15, 0.2) is 11.6 Å². The van der Waals surface area contributed by atoms with E-state index in [1.54, 1.807) is 0 Å². The van der Waals surface area contributed by atoms with Crippen molar-refractivity contribution in [3.63, 3.8) is 0 Å². The molecule has 3 aromatic carbocycles. The van der Waals surface area contributed by atoms with Crippen LogP contribution in [0.25, 0.3) is 61.5 Å². The van der Waals surface area contributed by atoms with Gasteiger partial charge in [-0.05, 0) is 89.9 Å². The molecule has 2 aliphatic rings. The molecule has 4 nitrogen and oxygen atoms in total. The van der Waals surface area contributed by atoms with Crippen molar-refractivity contribution in [1.29, 1.82) is 0 Å². The Balaban J connectivity index is 1.58. The number of para-hydroxylation sites is 2. The number of aryl methyl sites for hydroxylation is 2. The summed E-state index contributed by atoms with van der Waals surface area (Å²) >= 11 is 0. The first kappa shape index (κ1) is 26.2. The van der Waals surface area contributed by atoms with Crippen LogP contribution < -0.4 is 0 Å². The summed E-state index contributed by atoms with van der Waals surface area (Å²) in [6.07, 6.45) is 1.87.